The second-order valence-electron chi connectivity index (χ2n) is 11.9. The maximum absolute atomic E-state index is 12.6. The first-order valence-electron chi connectivity index (χ1n) is 14.5. The van der Waals surface area contributed by atoms with E-state index in [0.29, 0.717) is 30.2 Å². The minimum atomic E-state index is -0.0186. The zero-order chi connectivity index (χ0) is 29.9. The van der Waals surface area contributed by atoms with Crippen LogP contribution in [0.1, 0.15) is 29.5 Å². The molecule has 0 atom stereocenters. The molecule has 1 amide bonds. The summed E-state index contributed by atoms with van der Waals surface area (Å²) in [7, 11) is 1.97. The van der Waals surface area contributed by atoms with Gasteiger partial charge in [0, 0.05) is 37.7 Å². The average Bonchev–Trinajstić information content (AvgIpc) is 3.73. The van der Waals surface area contributed by atoms with E-state index < -0.39 is 0 Å². The van der Waals surface area contributed by atoms with Gasteiger partial charge >= 0.3 is 0 Å². The largest absolute Gasteiger partial charge is 0.345 e. The molecule has 11 nitrogen and oxygen atoms in total. The van der Waals surface area contributed by atoms with Gasteiger partial charge < -0.3 is 19.5 Å². The van der Waals surface area contributed by atoms with Crippen LogP contribution in [0.5, 0.6) is 0 Å². The number of hydrogen-bond acceptors (Lipinski definition) is 10. The number of rotatable bonds is 7. The van der Waals surface area contributed by atoms with Crippen molar-refractivity contribution >= 4 is 49.6 Å². The number of imidazole rings is 1. The number of nitriles is 1. The lowest BCUT2D eigenvalue weighted by atomic mass is 9.79. The Balaban J connectivity index is 1.06. The molecule has 0 unspecified atom stereocenters. The summed E-state index contributed by atoms with van der Waals surface area (Å²) in [5.41, 5.74) is 3.92. The highest BCUT2D eigenvalue weighted by atomic mass is 32.1. The standard InChI is InChI=1S/C30H32N10OS2/c1-5-22-26(36(4)27-34-25(23(12-31)42-27)20-8-6-19(2)7-9-20)40-28(33-22)43-29(35-40)39-17-30(18-39)10-11-37(16-30)15-24(41)38-13-21(14-38)32-3/h6-9,21H,5,10-11,13-18H2,1-2,4H3. The van der Waals surface area contributed by atoms with Gasteiger partial charge in [0.25, 0.3) is 6.04 Å². The Labute approximate surface area is 258 Å². The van der Waals surface area contributed by atoms with Gasteiger partial charge in [-0.3, -0.25) is 9.69 Å². The second kappa shape index (κ2) is 10.6. The molecule has 0 radical (unpaired) electrons. The smallest absolute Gasteiger partial charge is 0.258 e. The number of carbonyl (C=O) groups excluding carboxylic acids is 1. The van der Waals surface area contributed by atoms with E-state index in [0.717, 1.165) is 76.9 Å². The van der Waals surface area contributed by atoms with Gasteiger partial charge in [0.1, 0.15) is 16.6 Å². The Morgan fingerprint density at radius 2 is 1.98 bits per heavy atom. The van der Waals surface area contributed by atoms with Crippen LogP contribution in [0.25, 0.3) is 21.1 Å². The van der Waals surface area contributed by atoms with Crippen LogP contribution in [0.3, 0.4) is 0 Å². The number of benzene rings is 1. The van der Waals surface area contributed by atoms with Gasteiger partial charge in [-0.1, -0.05) is 59.4 Å². The van der Waals surface area contributed by atoms with Gasteiger partial charge in [0.05, 0.1) is 25.3 Å². The Kier molecular flexibility index (Phi) is 6.84. The number of amides is 1. The van der Waals surface area contributed by atoms with Crippen LogP contribution >= 0.6 is 22.7 Å². The third-order valence-electron chi connectivity index (χ3n) is 8.82. The Morgan fingerprint density at radius 1 is 1.21 bits per heavy atom. The van der Waals surface area contributed by atoms with Crippen LogP contribution in [0.4, 0.5) is 16.1 Å². The predicted molar refractivity (Wildman–Crippen MR) is 168 cm³/mol. The number of likely N-dealkylation sites (tertiary alicyclic amines) is 2. The van der Waals surface area contributed by atoms with Gasteiger partial charge in [0.2, 0.25) is 16.0 Å². The van der Waals surface area contributed by atoms with Gasteiger partial charge in [-0.15, -0.1) is 5.10 Å². The quantitative estimate of drug-likeness (QED) is 0.288. The average molecular weight is 613 g/mol. The molecule has 3 aliphatic heterocycles. The van der Waals surface area contributed by atoms with Gasteiger partial charge in [-0.25, -0.2) is 16.5 Å². The second-order valence-corrected chi connectivity index (χ2v) is 13.8. The summed E-state index contributed by atoms with van der Waals surface area (Å²) >= 11 is 2.98. The Morgan fingerprint density at radius 3 is 2.67 bits per heavy atom. The van der Waals surface area contributed by atoms with Crippen molar-refractivity contribution in [1.29, 1.82) is 5.26 Å². The van der Waals surface area contributed by atoms with Crippen LogP contribution in [0.15, 0.2) is 24.3 Å². The van der Waals surface area contributed by atoms with Crippen molar-refractivity contribution in [3.63, 3.8) is 0 Å². The molecule has 3 saturated heterocycles. The molecule has 3 aliphatic rings. The fourth-order valence-electron chi connectivity index (χ4n) is 6.35. The summed E-state index contributed by atoms with van der Waals surface area (Å²) in [5, 5.41) is 16.6. The van der Waals surface area contributed by atoms with Crippen molar-refractivity contribution in [3.8, 4) is 17.3 Å². The number of carbonyl (C=O) groups is 1. The molecule has 0 aliphatic carbocycles. The molecule has 3 aromatic heterocycles. The first-order valence-corrected chi connectivity index (χ1v) is 16.1. The molecular weight excluding hydrogens is 581 g/mol. The van der Waals surface area contributed by atoms with Crippen molar-refractivity contribution in [2.24, 2.45) is 5.41 Å². The molecule has 220 valence electrons. The molecule has 4 aromatic rings. The molecule has 1 aromatic carbocycles. The van der Waals surface area contributed by atoms with Crippen molar-refractivity contribution in [2.45, 2.75) is 32.7 Å². The number of anilines is 3. The first kappa shape index (κ1) is 27.8. The van der Waals surface area contributed by atoms with E-state index in [4.69, 9.17) is 21.6 Å². The molecule has 0 N–H and O–H groups in total. The van der Waals surface area contributed by atoms with E-state index in [1.165, 1.54) is 11.3 Å². The zero-order valence-corrected chi connectivity index (χ0v) is 26.1. The minimum absolute atomic E-state index is 0.0186. The third-order valence-corrected chi connectivity index (χ3v) is 10.8. The van der Waals surface area contributed by atoms with Crippen molar-refractivity contribution in [3.05, 3.63) is 51.8 Å². The van der Waals surface area contributed by atoms with Crippen LogP contribution in [0.2, 0.25) is 0 Å². The highest BCUT2D eigenvalue weighted by Crippen LogP contribution is 2.44. The number of aromatic nitrogens is 4. The van der Waals surface area contributed by atoms with Crippen molar-refractivity contribution < 1.29 is 4.79 Å². The number of hydrogen-bond donors (Lipinski definition) is 0. The topological polar surface area (TPSA) is 101 Å². The van der Waals surface area contributed by atoms with E-state index in [1.807, 2.05) is 47.7 Å². The minimum Gasteiger partial charge on any atom is -0.345 e. The van der Waals surface area contributed by atoms with Crippen LogP contribution in [0, 0.1) is 30.2 Å². The molecule has 43 heavy (non-hydrogen) atoms. The highest BCUT2D eigenvalue weighted by molar-refractivity contribution is 7.20. The van der Waals surface area contributed by atoms with E-state index in [2.05, 4.69) is 27.6 Å². The monoisotopic (exact) mass is 612 g/mol. The molecule has 1 spiro atoms. The first-order chi connectivity index (χ1) is 20.8. The summed E-state index contributed by atoms with van der Waals surface area (Å²) in [6, 6.07) is 10.4. The Bertz CT molecular complexity index is 1780. The molecule has 0 bridgehead atoms. The lowest BCUT2D eigenvalue weighted by molar-refractivity contribution is -0.136. The lowest BCUT2D eigenvalue weighted by Crippen LogP contribution is -2.58. The van der Waals surface area contributed by atoms with Crippen molar-refractivity contribution in [1.82, 2.24) is 29.4 Å². The normalized spacial score (nSPS) is 18.1. The van der Waals surface area contributed by atoms with E-state index in [-0.39, 0.29) is 17.4 Å². The molecular formula is C30H32N10OS2. The van der Waals surface area contributed by atoms with Gasteiger partial charge in [-0.2, -0.15) is 9.78 Å². The van der Waals surface area contributed by atoms with E-state index in [1.54, 1.807) is 16.2 Å². The fraction of sp³-hybridized carbons (Fsp3) is 0.467. The summed E-state index contributed by atoms with van der Waals surface area (Å²) < 4.78 is 1.92. The molecule has 6 heterocycles. The van der Waals surface area contributed by atoms with Gasteiger partial charge in [-0.05, 0) is 26.3 Å². The number of nitrogens with zero attached hydrogens (tertiary/aromatic N) is 10. The lowest BCUT2D eigenvalue weighted by Gasteiger charge is -2.48. The van der Waals surface area contributed by atoms with Crippen molar-refractivity contribution in [2.75, 3.05) is 62.7 Å². The Hall–Kier alpha value is -4.04. The number of thiazole rings is 1. The van der Waals surface area contributed by atoms with Crippen LogP contribution in [-0.2, 0) is 11.2 Å². The summed E-state index contributed by atoms with van der Waals surface area (Å²) in [5.74, 6) is 1.02. The molecule has 0 saturated carbocycles. The summed E-state index contributed by atoms with van der Waals surface area (Å²) in [6.07, 6.45) is 1.83. The number of aryl methyl sites for hydroxylation is 2. The van der Waals surface area contributed by atoms with Crippen LogP contribution in [-0.4, -0.2) is 94.2 Å². The summed E-state index contributed by atoms with van der Waals surface area (Å²) in [6.45, 7) is 16.5. The fourth-order valence-corrected chi connectivity index (χ4v) is 8.11. The maximum atomic E-state index is 12.6. The molecule has 7 rings (SSSR count). The SMILES string of the molecule is [C-]#[N+]C1CN(C(=O)CN2CCC3(C2)CN(c2nn4c(N(C)c5nc(-c6ccc(C)cc6)c(C#N)s5)c(CC)nc4s2)C3)C1. The summed E-state index contributed by atoms with van der Waals surface area (Å²) in [4.78, 5) is 35.8. The molecule has 13 heteroatoms. The molecule has 3 fully saturated rings. The van der Waals surface area contributed by atoms with Crippen LogP contribution < -0.4 is 9.80 Å². The third kappa shape index (κ3) is 4.82. The van der Waals surface area contributed by atoms with E-state index >= 15 is 0 Å². The highest BCUT2D eigenvalue weighted by Gasteiger charge is 2.49. The zero-order valence-electron chi connectivity index (χ0n) is 24.4. The van der Waals surface area contributed by atoms with E-state index in [9.17, 15) is 10.1 Å². The van der Waals surface area contributed by atoms with Gasteiger partial charge in [0.15, 0.2) is 10.9 Å². The maximum Gasteiger partial charge on any atom is 0.258 e. The predicted octanol–water partition coefficient (Wildman–Crippen LogP) is 4.07. The number of fused-ring (bicyclic) bond motifs is 1.